The number of halogens is 3. The van der Waals surface area contributed by atoms with Crippen molar-refractivity contribution in [1.82, 2.24) is 0 Å². The van der Waals surface area contributed by atoms with E-state index in [4.69, 9.17) is 23.2 Å². The molecule has 0 saturated carbocycles. The van der Waals surface area contributed by atoms with Gasteiger partial charge in [0.2, 0.25) is 7.29 Å². The van der Waals surface area contributed by atoms with Crippen LogP contribution in [0.5, 0.6) is 0 Å². The van der Waals surface area contributed by atoms with E-state index in [1.807, 2.05) is 36.4 Å². The van der Waals surface area contributed by atoms with Gasteiger partial charge in [-0.25, -0.2) is 4.39 Å². The third-order valence-corrected chi connectivity index (χ3v) is 6.71. The van der Waals surface area contributed by atoms with Gasteiger partial charge in [-0.1, -0.05) is 96.0 Å². The summed E-state index contributed by atoms with van der Waals surface area (Å²) in [6.07, 6.45) is 0. The van der Waals surface area contributed by atoms with E-state index in [-0.39, 0.29) is 15.8 Å². The smallest absolute Gasteiger partial charge is 0.216 e. The van der Waals surface area contributed by atoms with E-state index in [0.29, 0.717) is 11.1 Å². The number of anilines is 1. The van der Waals surface area contributed by atoms with Gasteiger partial charge in [-0.2, -0.15) is 0 Å². The molecule has 2 nitrogen and oxygen atoms in total. The first-order chi connectivity index (χ1) is 13.5. The molecule has 1 atom stereocenters. The van der Waals surface area contributed by atoms with Crippen LogP contribution in [0.2, 0.25) is 0 Å². The number of hydrogen-bond acceptors (Lipinski definition) is 1. The Labute approximate surface area is 173 Å². The molecule has 0 aromatic heterocycles. The van der Waals surface area contributed by atoms with Crippen LogP contribution >= 0.6 is 30.5 Å². The summed E-state index contributed by atoms with van der Waals surface area (Å²) in [5.74, 6) is 2.26. The molecule has 0 aliphatic heterocycles. The molecular weight excluding hydrogens is 415 g/mol. The van der Waals surface area contributed by atoms with E-state index in [1.54, 1.807) is 36.4 Å². The standard InChI is InChI=1S/C22H17Cl2FNOP/c23-19(17-9-3-1-4-10-17)15-28(27,26-22-14-8-7-13-21(22)25)16-20(24)18-11-5-2-6-12-18/h1-16H,(H,26,27)/b19-15-,20-16?. The van der Waals surface area contributed by atoms with E-state index in [1.165, 1.54) is 23.8 Å². The van der Waals surface area contributed by atoms with Gasteiger partial charge in [-0.15, -0.1) is 0 Å². The fourth-order valence-electron chi connectivity index (χ4n) is 2.52. The third-order valence-electron chi connectivity index (χ3n) is 3.88. The minimum atomic E-state index is -3.49. The second-order valence-electron chi connectivity index (χ2n) is 5.99. The lowest BCUT2D eigenvalue weighted by atomic mass is 10.2. The van der Waals surface area contributed by atoms with Crippen LogP contribution in [0, 0.1) is 5.82 Å². The first-order valence-corrected chi connectivity index (χ1v) is 11.1. The fraction of sp³-hybridized carbons (Fsp3) is 0. The van der Waals surface area contributed by atoms with Gasteiger partial charge in [0.1, 0.15) is 5.82 Å². The highest BCUT2D eigenvalue weighted by atomic mass is 35.5. The second-order valence-corrected chi connectivity index (χ2v) is 8.96. The van der Waals surface area contributed by atoms with Gasteiger partial charge in [-0.05, 0) is 23.3 Å². The summed E-state index contributed by atoms with van der Waals surface area (Å²) < 4.78 is 27.9. The summed E-state index contributed by atoms with van der Waals surface area (Å²) in [7, 11) is -3.49. The van der Waals surface area contributed by atoms with Crippen molar-refractivity contribution >= 4 is 46.2 Å². The fourth-order valence-corrected chi connectivity index (χ4v) is 5.38. The molecule has 0 aliphatic rings. The number of para-hydroxylation sites is 1. The summed E-state index contributed by atoms with van der Waals surface area (Å²) in [5, 5.41) is 3.34. The van der Waals surface area contributed by atoms with Crippen LogP contribution in [-0.4, -0.2) is 0 Å². The van der Waals surface area contributed by atoms with Crippen molar-refractivity contribution in [3.05, 3.63) is 114 Å². The predicted molar refractivity (Wildman–Crippen MR) is 118 cm³/mol. The van der Waals surface area contributed by atoms with Crippen LogP contribution in [0.4, 0.5) is 10.1 Å². The van der Waals surface area contributed by atoms with Crippen molar-refractivity contribution in [1.29, 1.82) is 0 Å². The lowest BCUT2D eigenvalue weighted by molar-refractivity contribution is 0.588. The Balaban J connectivity index is 2.05. The van der Waals surface area contributed by atoms with Gasteiger partial charge in [0.25, 0.3) is 0 Å². The molecule has 0 spiro atoms. The van der Waals surface area contributed by atoms with Crippen molar-refractivity contribution < 1.29 is 8.96 Å². The Bertz CT molecular complexity index is 993. The van der Waals surface area contributed by atoms with Crippen LogP contribution in [0.15, 0.2) is 96.6 Å². The quantitative estimate of drug-likeness (QED) is 0.400. The number of benzene rings is 3. The van der Waals surface area contributed by atoms with Crippen LogP contribution in [0.3, 0.4) is 0 Å². The van der Waals surface area contributed by atoms with Crippen molar-refractivity contribution in [2.24, 2.45) is 0 Å². The first-order valence-electron chi connectivity index (χ1n) is 8.47. The second kappa shape index (κ2) is 9.25. The Kier molecular flexibility index (Phi) is 6.74. The molecule has 142 valence electrons. The molecular formula is C22H17Cl2FNOP. The molecule has 1 unspecified atom stereocenters. The molecule has 0 bridgehead atoms. The molecule has 0 radical (unpaired) electrons. The number of rotatable bonds is 6. The predicted octanol–water partition coefficient (Wildman–Crippen LogP) is 7.99. The minimum Gasteiger partial charge on any atom is -0.328 e. The molecule has 0 aliphatic carbocycles. The zero-order chi connectivity index (χ0) is 20.0. The highest BCUT2D eigenvalue weighted by Crippen LogP contribution is 2.53. The highest BCUT2D eigenvalue weighted by Gasteiger charge is 2.21. The average molecular weight is 432 g/mol. The van der Waals surface area contributed by atoms with E-state index in [9.17, 15) is 8.96 Å². The lowest BCUT2D eigenvalue weighted by Crippen LogP contribution is -1.96. The zero-order valence-electron chi connectivity index (χ0n) is 14.7. The monoisotopic (exact) mass is 431 g/mol. The van der Waals surface area contributed by atoms with E-state index in [0.717, 1.165) is 0 Å². The Morgan fingerprint density at radius 1 is 0.750 bits per heavy atom. The van der Waals surface area contributed by atoms with E-state index < -0.39 is 13.1 Å². The maximum atomic E-state index is 14.1. The molecule has 0 amide bonds. The van der Waals surface area contributed by atoms with Gasteiger partial charge in [0, 0.05) is 11.6 Å². The Morgan fingerprint density at radius 3 is 1.64 bits per heavy atom. The molecule has 6 heteroatoms. The van der Waals surface area contributed by atoms with Gasteiger partial charge in [-0.3, -0.25) is 4.57 Å². The maximum absolute atomic E-state index is 14.1. The topological polar surface area (TPSA) is 29.1 Å². The Hall–Kier alpha value is -2.32. The van der Waals surface area contributed by atoms with Gasteiger partial charge < -0.3 is 5.09 Å². The first kappa shape index (κ1) is 20.4. The van der Waals surface area contributed by atoms with Gasteiger partial charge >= 0.3 is 0 Å². The summed E-state index contributed by atoms with van der Waals surface area (Å²) in [5.41, 5.74) is 1.50. The number of nitrogens with one attached hydrogen (secondary N) is 1. The Morgan fingerprint density at radius 2 is 1.18 bits per heavy atom. The van der Waals surface area contributed by atoms with Crippen molar-refractivity contribution in [2.45, 2.75) is 0 Å². The van der Waals surface area contributed by atoms with E-state index >= 15 is 0 Å². The van der Waals surface area contributed by atoms with Crippen molar-refractivity contribution in [2.75, 3.05) is 5.09 Å². The zero-order valence-corrected chi connectivity index (χ0v) is 17.1. The molecule has 1 N–H and O–H groups in total. The normalized spacial score (nSPS) is 14.4. The molecule has 28 heavy (non-hydrogen) atoms. The van der Waals surface area contributed by atoms with Crippen molar-refractivity contribution in [3.63, 3.8) is 0 Å². The maximum Gasteiger partial charge on any atom is 0.216 e. The van der Waals surface area contributed by atoms with Crippen LogP contribution < -0.4 is 5.09 Å². The molecule has 0 saturated heterocycles. The average Bonchev–Trinajstić information content (AvgIpc) is 2.71. The summed E-state index contributed by atoms with van der Waals surface area (Å²) in [4.78, 5) is 0. The van der Waals surface area contributed by atoms with Crippen LogP contribution in [-0.2, 0) is 4.57 Å². The van der Waals surface area contributed by atoms with Gasteiger partial charge in [0.05, 0.1) is 15.8 Å². The molecule has 0 heterocycles. The SMILES string of the molecule is O=P(C=C(Cl)c1ccccc1)(/C=C(\Cl)c1ccccc1)Nc1ccccc1F. The van der Waals surface area contributed by atoms with Crippen molar-refractivity contribution in [3.8, 4) is 0 Å². The van der Waals surface area contributed by atoms with Crippen LogP contribution in [0.25, 0.3) is 10.1 Å². The van der Waals surface area contributed by atoms with Gasteiger partial charge in [0.15, 0.2) is 0 Å². The largest absolute Gasteiger partial charge is 0.328 e. The summed E-state index contributed by atoms with van der Waals surface area (Å²) in [6, 6.07) is 24.2. The summed E-state index contributed by atoms with van der Waals surface area (Å²) >= 11 is 12.8. The summed E-state index contributed by atoms with van der Waals surface area (Å²) in [6.45, 7) is 0. The van der Waals surface area contributed by atoms with Crippen LogP contribution in [0.1, 0.15) is 11.1 Å². The van der Waals surface area contributed by atoms with E-state index in [2.05, 4.69) is 5.09 Å². The minimum absolute atomic E-state index is 0.105. The molecule has 0 fully saturated rings. The molecule has 3 aromatic carbocycles. The molecule has 3 rings (SSSR count). The third kappa shape index (κ3) is 5.36. The lowest BCUT2D eigenvalue weighted by Gasteiger charge is -2.16. The molecule has 3 aromatic rings. The highest BCUT2D eigenvalue weighted by molar-refractivity contribution is 7.72. The number of hydrogen-bond donors (Lipinski definition) is 1.